The minimum Gasteiger partial charge on any atom is -0.392 e. The number of anilines is 1. The third kappa shape index (κ3) is 3.16. The van der Waals surface area contributed by atoms with Crippen LogP contribution in [0.5, 0.6) is 0 Å². The molecule has 1 heterocycles. The van der Waals surface area contributed by atoms with Gasteiger partial charge in [0.15, 0.2) is 17.3 Å². The summed E-state index contributed by atoms with van der Waals surface area (Å²) in [4.78, 5) is 12.2. The van der Waals surface area contributed by atoms with E-state index in [1.54, 1.807) is 24.3 Å². The Balaban J connectivity index is 1.83. The summed E-state index contributed by atoms with van der Waals surface area (Å²) in [7, 11) is 0. The van der Waals surface area contributed by atoms with Gasteiger partial charge in [0.05, 0.1) is 6.61 Å². The highest BCUT2D eigenvalue weighted by Crippen LogP contribution is 2.17. The van der Waals surface area contributed by atoms with Crippen LogP contribution in [0.25, 0.3) is 5.69 Å². The van der Waals surface area contributed by atoms with E-state index in [-0.39, 0.29) is 18.0 Å². The van der Waals surface area contributed by atoms with Crippen molar-refractivity contribution < 1.29 is 18.7 Å². The van der Waals surface area contributed by atoms with Gasteiger partial charge in [-0.05, 0) is 35.9 Å². The zero-order chi connectivity index (χ0) is 17.1. The Morgan fingerprint density at radius 3 is 2.54 bits per heavy atom. The van der Waals surface area contributed by atoms with Crippen molar-refractivity contribution in [1.29, 1.82) is 0 Å². The lowest BCUT2D eigenvalue weighted by Gasteiger charge is -2.06. The van der Waals surface area contributed by atoms with Gasteiger partial charge in [-0.3, -0.25) is 4.79 Å². The van der Waals surface area contributed by atoms with Gasteiger partial charge >= 0.3 is 0 Å². The van der Waals surface area contributed by atoms with Crippen LogP contribution >= 0.6 is 0 Å². The average molecular weight is 329 g/mol. The molecule has 3 rings (SSSR count). The van der Waals surface area contributed by atoms with Gasteiger partial charge in [0, 0.05) is 11.9 Å². The average Bonchev–Trinajstić information content (AvgIpc) is 3.04. The number of carbonyl (C=O) groups is 1. The molecule has 24 heavy (non-hydrogen) atoms. The maximum Gasteiger partial charge on any atom is 0.276 e. The first-order valence-electron chi connectivity index (χ1n) is 7.09. The van der Waals surface area contributed by atoms with Crippen LogP contribution in [0.4, 0.5) is 14.5 Å². The molecule has 2 N–H and O–H groups in total. The number of benzene rings is 2. The molecule has 0 atom stereocenters. The number of rotatable bonds is 4. The second-order valence-electron chi connectivity index (χ2n) is 5.03. The first-order chi connectivity index (χ1) is 11.6. The molecule has 0 saturated carbocycles. The number of amides is 1. The second-order valence-corrected chi connectivity index (χ2v) is 5.03. The molecule has 7 heteroatoms. The van der Waals surface area contributed by atoms with Crippen molar-refractivity contribution in [2.75, 3.05) is 5.32 Å². The van der Waals surface area contributed by atoms with Gasteiger partial charge in [-0.1, -0.05) is 18.2 Å². The van der Waals surface area contributed by atoms with Crippen molar-refractivity contribution in [1.82, 2.24) is 9.78 Å². The molecular weight excluding hydrogens is 316 g/mol. The third-order valence-electron chi connectivity index (χ3n) is 3.36. The maximum atomic E-state index is 13.8. The monoisotopic (exact) mass is 329 g/mol. The molecular formula is C17H13F2N3O2. The summed E-state index contributed by atoms with van der Waals surface area (Å²) in [6.45, 7) is -0.148. The van der Waals surface area contributed by atoms with Crippen LogP contribution in [0.2, 0.25) is 0 Å². The molecule has 122 valence electrons. The molecule has 0 bridgehead atoms. The maximum absolute atomic E-state index is 13.8. The minimum atomic E-state index is -0.777. The van der Waals surface area contributed by atoms with Crippen molar-refractivity contribution in [3.05, 3.63) is 77.6 Å². The topological polar surface area (TPSA) is 67.2 Å². The van der Waals surface area contributed by atoms with Gasteiger partial charge in [0.2, 0.25) is 0 Å². The van der Waals surface area contributed by atoms with Crippen molar-refractivity contribution >= 4 is 11.6 Å². The van der Waals surface area contributed by atoms with Crippen LogP contribution in [-0.4, -0.2) is 20.8 Å². The van der Waals surface area contributed by atoms with E-state index in [0.717, 1.165) is 16.8 Å². The zero-order valence-electron chi connectivity index (χ0n) is 12.4. The normalized spacial score (nSPS) is 10.6. The first-order valence-corrected chi connectivity index (χ1v) is 7.09. The van der Waals surface area contributed by atoms with Gasteiger partial charge in [-0.2, -0.15) is 5.10 Å². The molecule has 0 saturated heterocycles. The Bertz CT molecular complexity index is 873. The summed E-state index contributed by atoms with van der Waals surface area (Å²) in [6.07, 6.45) is 1.31. The molecule has 0 fully saturated rings. The van der Waals surface area contributed by atoms with Crippen LogP contribution < -0.4 is 5.32 Å². The largest absolute Gasteiger partial charge is 0.392 e. The third-order valence-corrected chi connectivity index (χ3v) is 3.36. The molecule has 0 aliphatic rings. The van der Waals surface area contributed by atoms with Gasteiger partial charge in [0.1, 0.15) is 5.69 Å². The number of hydrogen-bond acceptors (Lipinski definition) is 3. The number of aromatic nitrogens is 2. The van der Waals surface area contributed by atoms with E-state index in [9.17, 15) is 13.6 Å². The number of hydrogen-bond donors (Lipinski definition) is 2. The fraction of sp³-hybridized carbons (Fsp3) is 0.0588. The number of para-hydroxylation sites is 1. The molecule has 1 amide bonds. The summed E-state index contributed by atoms with van der Waals surface area (Å²) in [5.74, 6) is -2.08. The minimum absolute atomic E-state index is 0.00653. The van der Waals surface area contributed by atoms with E-state index in [0.29, 0.717) is 11.3 Å². The molecule has 2 aromatic carbocycles. The van der Waals surface area contributed by atoms with Crippen molar-refractivity contribution in [3.8, 4) is 5.69 Å². The summed E-state index contributed by atoms with van der Waals surface area (Å²) in [6, 6.07) is 11.5. The Hall–Kier alpha value is -3.06. The fourth-order valence-electron chi connectivity index (χ4n) is 2.22. The Morgan fingerprint density at radius 2 is 1.83 bits per heavy atom. The summed E-state index contributed by atoms with van der Waals surface area (Å²) in [5.41, 5.74) is 0.788. The Morgan fingerprint density at radius 1 is 1.12 bits per heavy atom. The number of nitrogens with zero attached hydrogens (tertiary/aromatic N) is 2. The number of aliphatic hydroxyl groups excluding tert-OH is 1. The van der Waals surface area contributed by atoms with Crippen LogP contribution in [0, 0.1) is 11.6 Å². The molecule has 0 aliphatic heterocycles. The van der Waals surface area contributed by atoms with Crippen LogP contribution in [-0.2, 0) is 6.61 Å². The lowest BCUT2D eigenvalue weighted by atomic mass is 10.2. The highest BCUT2D eigenvalue weighted by Gasteiger charge is 2.15. The summed E-state index contributed by atoms with van der Waals surface area (Å²) in [5, 5.41) is 15.6. The number of nitrogens with one attached hydrogen (secondary N) is 1. The molecule has 0 radical (unpaired) electrons. The standard InChI is InChI=1S/C17H13F2N3O2/c18-13-5-2-6-14(19)16(13)22-8-7-15(21-22)17(24)20-12-4-1-3-11(9-12)10-23/h1-9,23H,10H2,(H,20,24). The smallest absolute Gasteiger partial charge is 0.276 e. The van der Waals surface area contributed by atoms with Crippen molar-refractivity contribution in [2.24, 2.45) is 0 Å². The van der Waals surface area contributed by atoms with E-state index in [1.807, 2.05) is 0 Å². The number of aliphatic hydroxyl groups is 1. The molecule has 0 spiro atoms. The van der Waals surface area contributed by atoms with Gasteiger partial charge in [-0.15, -0.1) is 0 Å². The Kier molecular flexibility index (Phi) is 4.35. The zero-order valence-corrected chi connectivity index (χ0v) is 12.4. The molecule has 0 unspecified atom stereocenters. The predicted octanol–water partition coefficient (Wildman–Crippen LogP) is 2.90. The van der Waals surface area contributed by atoms with Crippen LogP contribution in [0.15, 0.2) is 54.7 Å². The van der Waals surface area contributed by atoms with E-state index in [1.165, 1.54) is 18.3 Å². The SMILES string of the molecule is O=C(Nc1cccc(CO)c1)c1ccn(-c2c(F)cccc2F)n1. The number of carbonyl (C=O) groups excluding carboxylic acids is 1. The predicted molar refractivity (Wildman–Crippen MR) is 83.8 cm³/mol. The Labute approximate surface area is 136 Å². The first kappa shape index (κ1) is 15.8. The van der Waals surface area contributed by atoms with E-state index < -0.39 is 17.5 Å². The van der Waals surface area contributed by atoms with Crippen LogP contribution in [0.1, 0.15) is 16.1 Å². The summed E-state index contributed by atoms with van der Waals surface area (Å²) < 4.78 is 28.5. The molecule has 1 aromatic heterocycles. The van der Waals surface area contributed by atoms with E-state index in [4.69, 9.17) is 5.11 Å². The second kappa shape index (κ2) is 6.59. The molecule has 0 aliphatic carbocycles. The van der Waals surface area contributed by atoms with Gasteiger partial charge in [-0.25, -0.2) is 13.5 Å². The van der Waals surface area contributed by atoms with Gasteiger partial charge in [0.25, 0.3) is 5.91 Å². The quantitative estimate of drug-likeness (QED) is 0.773. The molecule has 3 aromatic rings. The lowest BCUT2D eigenvalue weighted by molar-refractivity contribution is 0.102. The van der Waals surface area contributed by atoms with Crippen molar-refractivity contribution in [2.45, 2.75) is 6.61 Å². The fourth-order valence-corrected chi connectivity index (χ4v) is 2.22. The van der Waals surface area contributed by atoms with E-state index >= 15 is 0 Å². The highest BCUT2D eigenvalue weighted by atomic mass is 19.1. The van der Waals surface area contributed by atoms with Gasteiger partial charge < -0.3 is 10.4 Å². The molecule has 5 nitrogen and oxygen atoms in total. The van der Waals surface area contributed by atoms with Crippen molar-refractivity contribution in [3.63, 3.8) is 0 Å². The van der Waals surface area contributed by atoms with E-state index in [2.05, 4.69) is 10.4 Å². The highest BCUT2D eigenvalue weighted by molar-refractivity contribution is 6.02. The lowest BCUT2D eigenvalue weighted by Crippen LogP contribution is -2.13. The number of halogens is 2. The van der Waals surface area contributed by atoms with Crippen LogP contribution in [0.3, 0.4) is 0 Å². The summed E-state index contributed by atoms with van der Waals surface area (Å²) >= 11 is 0.